The molecule has 0 aromatic carbocycles. The fourth-order valence-electron chi connectivity index (χ4n) is 1.33. The molecule has 1 aromatic rings. The molecule has 1 fully saturated rings. The van der Waals surface area contributed by atoms with Crippen LogP contribution in [-0.4, -0.2) is 34.6 Å². The Balaban J connectivity index is 1.86. The Morgan fingerprint density at radius 1 is 1.71 bits per heavy atom. The highest BCUT2D eigenvalue weighted by Crippen LogP contribution is 2.20. The van der Waals surface area contributed by atoms with Crippen LogP contribution >= 0.6 is 11.8 Å². The molecule has 1 saturated heterocycles. The number of hydrogen-bond donors (Lipinski definition) is 0. The highest BCUT2D eigenvalue weighted by Gasteiger charge is 2.20. The van der Waals surface area contributed by atoms with Gasteiger partial charge in [-0.15, -0.1) is 11.8 Å². The number of rotatable bonds is 4. The zero-order chi connectivity index (χ0) is 9.97. The van der Waals surface area contributed by atoms with Crippen molar-refractivity contribution in [3.63, 3.8) is 0 Å². The van der Waals surface area contributed by atoms with E-state index in [9.17, 15) is 4.79 Å². The molecule has 1 aromatic heterocycles. The zero-order valence-electron chi connectivity index (χ0n) is 8.10. The summed E-state index contributed by atoms with van der Waals surface area (Å²) in [6.07, 6.45) is 1.89. The van der Waals surface area contributed by atoms with Crippen molar-refractivity contribution in [2.75, 3.05) is 19.0 Å². The van der Waals surface area contributed by atoms with E-state index in [-0.39, 0.29) is 5.78 Å². The van der Waals surface area contributed by atoms with Crippen molar-refractivity contribution >= 4 is 17.5 Å². The van der Waals surface area contributed by atoms with Crippen LogP contribution in [0.3, 0.4) is 0 Å². The second kappa shape index (κ2) is 4.19. The van der Waals surface area contributed by atoms with Gasteiger partial charge in [-0.1, -0.05) is 0 Å². The maximum absolute atomic E-state index is 11.7. The standard InChI is InChI=1S/C10H13NO2S/c1-11-4-2-3-9(11)10(12)7-14-8-5-13-6-8/h2-4,8H,5-7H2,1H3. The third-order valence-corrected chi connectivity index (χ3v) is 3.46. The smallest absolute Gasteiger partial charge is 0.189 e. The molecule has 2 rings (SSSR count). The van der Waals surface area contributed by atoms with Gasteiger partial charge in [0.1, 0.15) is 0 Å². The number of Topliss-reactive ketones (excluding diaryl/α,β-unsaturated/α-hetero) is 1. The fourth-order valence-corrected chi connectivity index (χ4v) is 2.25. The van der Waals surface area contributed by atoms with Gasteiger partial charge in [0, 0.05) is 13.2 Å². The number of nitrogens with zero attached hydrogens (tertiary/aromatic N) is 1. The lowest BCUT2D eigenvalue weighted by Gasteiger charge is -2.24. The monoisotopic (exact) mass is 211 g/mol. The molecule has 0 N–H and O–H groups in total. The van der Waals surface area contributed by atoms with E-state index in [1.54, 1.807) is 11.8 Å². The molecule has 0 unspecified atom stereocenters. The lowest BCUT2D eigenvalue weighted by Crippen LogP contribution is -2.31. The number of carbonyl (C=O) groups excluding carboxylic acids is 1. The third kappa shape index (κ3) is 2.01. The lowest BCUT2D eigenvalue weighted by atomic mass is 10.3. The summed E-state index contributed by atoms with van der Waals surface area (Å²) in [5.41, 5.74) is 0.790. The summed E-state index contributed by atoms with van der Waals surface area (Å²) in [7, 11) is 1.89. The van der Waals surface area contributed by atoms with Crippen LogP contribution in [0.4, 0.5) is 0 Å². The summed E-state index contributed by atoms with van der Waals surface area (Å²) in [5, 5.41) is 0.527. The topological polar surface area (TPSA) is 31.2 Å². The molecule has 0 atom stereocenters. The van der Waals surface area contributed by atoms with Gasteiger partial charge in [0.25, 0.3) is 0 Å². The van der Waals surface area contributed by atoms with Crippen LogP contribution in [0.1, 0.15) is 10.5 Å². The van der Waals surface area contributed by atoms with Gasteiger partial charge in [-0.25, -0.2) is 0 Å². The van der Waals surface area contributed by atoms with Crippen molar-refractivity contribution in [3.8, 4) is 0 Å². The molecular formula is C10H13NO2S. The highest BCUT2D eigenvalue weighted by atomic mass is 32.2. The molecule has 2 heterocycles. The second-order valence-corrected chi connectivity index (χ2v) is 4.69. The number of thioether (sulfide) groups is 1. The van der Waals surface area contributed by atoms with Crippen LogP contribution in [0.25, 0.3) is 0 Å². The SMILES string of the molecule is Cn1cccc1C(=O)CSC1COC1. The molecule has 1 aliphatic heterocycles. The number of aromatic nitrogens is 1. The first-order chi connectivity index (χ1) is 6.77. The van der Waals surface area contributed by atoms with E-state index in [2.05, 4.69) is 0 Å². The van der Waals surface area contributed by atoms with Crippen molar-refractivity contribution in [1.29, 1.82) is 0 Å². The molecule has 1 aliphatic rings. The van der Waals surface area contributed by atoms with Gasteiger partial charge in [-0.3, -0.25) is 4.79 Å². The number of carbonyl (C=O) groups is 1. The zero-order valence-corrected chi connectivity index (χ0v) is 8.92. The quantitative estimate of drug-likeness (QED) is 0.704. The Morgan fingerprint density at radius 2 is 2.50 bits per heavy atom. The molecule has 3 nitrogen and oxygen atoms in total. The molecule has 0 amide bonds. The number of ketones is 1. The molecule has 76 valence electrons. The van der Waals surface area contributed by atoms with E-state index in [4.69, 9.17) is 4.74 Å². The Hall–Kier alpha value is -0.740. The maximum atomic E-state index is 11.7. The van der Waals surface area contributed by atoms with Gasteiger partial charge in [-0.05, 0) is 12.1 Å². The van der Waals surface area contributed by atoms with E-state index in [0.717, 1.165) is 18.9 Å². The molecule has 0 saturated carbocycles. The average Bonchev–Trinajstić information content (AvgIpc) is 2.48. The Labute approximate surface area is 87.4 Å². The van der Waals surface area contributed by atoms with E-state index >= 15 is 0 Å². The first kappa shape index (κ1) is 9.80. The highest BCUT2D eigenvalue weighted by molar-refractivity contribution is 8.00. The number of aryl methyl sites for hydroxylation is 1. The van der Waals surface area contributed by atoms with Crippen molar-refractivity contribution in [2.45, 2.75) is 5.25 Å². The van der Waals surface area contributed by atoms with Gasteiger partial charge < -0.3 is 9.30 Å². The average molecular weight is 211 g/mol. The number of hydrogen-bond acceptors (Lipinski definition) is 3. The molecular weight excluding hydrogens is 198 g/mol. The Kier molecular flexibility index (Phi) is 2.93. The molecule has 14 heavy (non-hydrogen) atoms. The minimum atomic E-state index is 0.203. The fraction of sp³-hybridized carbons (Fsp3) is 0.500. The van der Waals surface area contributed by atoms with Gasteiger partial charge >= 0.3 is 0 Å². The minimum absolute atomic E-state index is 0.203. The van der Waals surface area contributed by atoms with E-state index in [0.29, 0.717) is 11.0 Å². The normalized spacial score (nSPS) is 16.6. The molecule has 4 heteroatoms. The first-order valence-corrected chi connectivity index (χ1v) is 5.66. The Bertz CT molecular complexity index is 331. The van der Waals surface area contributed by atoms with Gasteiger partial charge in [0.15, 0.2) is 5.78 Å². The van der Waals surface area contributed by atoms with Crippen molar-refractivity contribution in [1.82, 2.24) is 4.57 Å². The van der Waals surface area contributed by atoms with Crippen molar-refractivity contribution in [3.05, 3.63) is 24.0 Å². The third-order valence-electron chi connectivity index (χ3n) is 2.29. The summed E-state index contributed by atoms with van der Waals surface area (Å²) >= 11 is 1.69. The lowest BCUT2D eigenvalue weighted by molar-refractivity contribution is 0.0455. The van der Waals surface area contributed by atoms with Crippen molar-refractivity contribution in [2.24, 2.45) is 7.05 Å². The van der Waals surface area contributed by atoms with Crippen LogP contribution in [0.5, 0.6) is 0 Å². The predicted molar refractivity (Wildman–Crippen MR) is 56.8 cm³/mol. The van der Waals surface area contributed by atoms with Gasteiger partial charge in [0.05, 0.1) is 29.9 Å². The van der Waals surface area contributed by atoms with Crippen LogP contribution in [0.2, 0.25) is 0 Å². The summed E-state index contributed by atoms with van der Waals surface area (Å²) in [5.74, 6) is 0.765. The first-order valence-electron chi connectivity index (χ1n) is 4.61. The molecule has 0 bridgehead atoms. The van der Waals surface area contributed by atoms with Gasteiger partial charge in [0.2, 0.25) is 0 Å². The van der Waals surface area contributed by atoms with Crippen LogP contribution in [0.15, 0.2) is 18.3 Å². The molecule has 0 radical (unpaired) electrons. The van der Waals surface area contributed by atoms with Crippen LogP contribution < -0.4 is 0 Å². The molecule has 0 spiro atoms. The van der Waals surface area contributed by atoms with Crippen LogP contribution in [0, 0.1) is 0 Å². The predicted octanol–water partition coefficient (Wildman–Crippen LogP) is 1.34. The number of ether oxygens (including phenoxy) is 1. The summed E-state index contributed by atoms with van der Waals surface area (Å²) in [4.78, 5) is 11.7. The minimum Gasteiger partial charge on any atom is -0.379 e. The van der Waals surface area contributed by atoms with Gasteiger partial charge in [-0.2, -0.15) is 0 Å². The molecule has 0 aliphatic carbocycles. The summed E-state index contributed by atoms with van der Waals surface area (Å²) < 4.78 is 6.91. The Morgan fingerprint density at radius 3 is 3.00 bits per heavy atom. The second-order valence-electron chi connectivity index (χ2n) is 3.40. The van der Waals surface area contributed by atoms with E-state index in [1.807, 2.05) is 29.9 Å². The largest absolute Gasteiger partial charge is 0.379 e. The van der Waals surface area contributed by atoms with Crippen LogP contribution in [-0.2, 0) is 11.8 Å². The summed E-state index contributed by atoms with van der Waals surface area (Å²) in [6.45, 7) is 1.59. The van der Waals surface area contributed by atoms with E-state index in [1.165, 1.54) is 0 Å². The van der Waals surface area contributed by atoms with Crippen molar-refractivity contribution < 1.29 is 9.53 Å². The van der Waals surface area contributed by atoms with E-state index < -0.39 is 0 Å². The summed E-state index contributed by atoms with van der Waals surface area (Å²) in [6, 6.07) is 3.75. The maximum Gasteiger partial charge on any atom is 0.189 e.